The normalized spacial score (nSPS) is 10.7. The molecular weight excluding hydrogens is 264 g/mol. The zero-order chi connectivity index (χ0) is 15.8. The van der Waals surface area contributed by atoms with Gasteiger partial charge in [0.1, 0.15) is 5.78 Å². The van der Waals surface area contributed by atoms with Gasteiger partial charge in [0.25, 0.3) is 0 Å². The summed E-state index contributed by atoms with van der Waals surface area (Å²) in [6.45, 7) is 2.22. The van der Waals surface area contributed by atoms with Gasteiger partial charge in [-0.3, -0.25) is 4.79 Å². The molecular formula is C18H33O3-. The van der Waals surface area contributed by atoms with Crippen LogP contribution in [-0.4, -0.2) is 11.8 Å². The van der Waals surface area contributed by atoms with E-state index in [0.29, 0.717) is 5.78 Å². The summed E-state index contributed by atoms with van der Waals surface area (Å²) in [5.41, 5.74) is 0. The lowest BCUT2D eigenvalue weighted by molar-refractivity contribution is -0.305. The Morgan fingerprint density at radius 1 is 0.619 bits per heavy atom. The van der Waals surface area contributed by atoms with E-state index in [1.807, 2.05) is 0 Å². The van der Waals surface area contributed by atoms with Crippen molar-refractivity contribution in [1.29, 1.82) is 0 Å². The fraction of sp³-hybridized carbons (Fsp3) is 0.889. The lowest BCUT2D eigenvalue weighted by Gasteiger charge is -2.03. The zero-order valence-electron chi connectivity index (χ0n) is 13.8. The predicted molar refractivity (Wildman–Crippen MR) is 84.9 cm³/mol. The van der Waals surface area contributed by atoms with Gasteiger partial charge >= 0.3 is 0 Å². The summed E-state index contributed by atoms with van der Waals surface area (Å²) >= 11 is 0. The van der Waals surface area contributed by atoms with Crippen molar-refractivity contribution in [3.8, 4) is 0 Å². The second kappa shape index (κ2) is 15.5. The predicted octanol–water partition coefficient (Wildman–Crippen LogP) is 4.18. The number of hydrogen-bond donors (Lipinski definition) is 0. The van der Waals surface area contributed by atoms with Crippen molar-refractivity contribution in [3.05, 3.63) is 0 Å². The fourth-order valence-electron chi connectivity index (χ4n) is 2.53. The summed E-state index contributed by atoms with van der Waals surface area (Å²) in [5, 5.41) is 10.2. The molecule has 0 spiro atoms. The molecule has 0 bridgehead atoms. The molecule has 0 saturated heterocycles. The Hall–Kier alpha value is -0.860. The smallest absolute Gasteiger partial charge is 0.132 e. The molecule has 0 aliphatic heterocycles. The third kappa shape index (κ3) is 17.1. The molecule has 0 fully saturated rings. The quantitative estimate of drug-likeness (QED) is 0.402. The third-order valence-corrected chi connectivity index (χ3v) is 3.90. The minimum atomic E-state index is -0.949. The summed E-state index contributed by atoms with van der Waals surface area (Å²) in [6, 6.07) is 0. The first-order valence-electron chi connectivity index (χ1n) is 8.88. The van der Waals surface area contributed by atoms with E-state index in [0.717, 1.165) is 57.8 Å². The first-order valence-corrected chi connectivity index (χ1v) is 8.88. The van der Waals surface area contributed by atoms with E-state index < -0.39 is 5.97 Å². The Labute approximate surface area is 130 Å². The monoisotopic (exact) mass is 297 g/mol. The molecule has 0 N–H and O–H groups in total. The Morgan fingerprint density at radius 3 is 1.43 bits per heavy atom. The van der Waals surface area contributed by atoms with Gasteiger partial charge < -0.3 is 9.90 Å². The van der Waals surface area contributed by atoms with Crippen molar-refractivity contribution in [1.82, 2.24) is 0 Å². The molecule has 0 atom stereocenters. The highest BCUT2D eigenvalue weighted by Gasteiger charge is 2.01. The van der Waals surface area contributed by atoms with Gasteiger partial charge in [-0.25, -0.2) is 0 Å². The molecule has 124 valence electrons. The van der Waals surface area contributed by atoms with Gasteiger partial charge in [0.05, 0.1) is 0 Å². The van der Waals surface area contributed by atoms with Crippen LogP contribution in [0.1, 0.15) is 103 Å². The Balaban J connectivity index is 3.17. The van der Waals surface area contributed by atoms with Crippen molar-refractivity contribution in [2.75, 3.05) is 0 Å². The van der Waals surface area contributed by atoms with Crippen molar-refractivity contribution in [3.63, 3.8) is 0 Å². The molecule has 3 heteroatoms. The van der Waals surface area contributed by atoms with Crippen molar-refractivity contribution in [2.24, 2.45) is 0 Å². The summed E-state index contributed by atoms with van der Waals surface area (Å²) in [4.78, 5) is 21.9. The van der Waals surface area contributed by atoms with Crippen molar-refractivity contribution >= 4 is 11.8 Å². The van der Waals surface area contributed by atoms with Crippen LogP contribution in [0.4, 0.5) is 0 Å². The average molecular weight is 297 g/mol. The Morgan fingerprint density at radius 2 is 1.00 bits per heavy atom. The van der Waals surface area contributed by atoms with Gasteiger partial charge in [0, 0.05) is 18.8 Å². The van der Waals surface area contributed by atoms with Crippen LogP contribution in [0.5, 0.6) is 0 Å². The van der Waals surface area contributed by atoms with Crippen LogP contribution >= 0.6 is 0 Å². The molecule has 0 unspecified atom stereocenters. The topological polar surface area (TPSA) is 57.2 Å². The fourth-order valence-corrected chi connectivity index (χ4v) is 2.53. The SMILES string of the molecule is CCCCCCCCC(=O)CCCCCCCCC(=O)[O-]. The van der Waals surface area contributed by atoms with Crippen LogP contribution < -0.4 is 5.11 Å². The van der Waals surface area contributed by atoms with E-state index in [1.54, 1.807) is 0 Å². The van der Waals surface area contributed by atoms with Crippen LogP contribution in [0.3, 0.4) is 0 Å². The molecule has 0 saturated carbocycles. The maximum absolute atomic E-state index is 11.7. The molecule has 0 aromatic heterocycles. The highest BCUT2D eigenvalue weighted by molar-refractivity contribution is 5.78. The Bertz CT molecular complexity index is 261. The maximum Gasteiger partial charge on any atom is 0.132 e. The van der Waals surface area contributed by atoms with E-state index in [1.165, 1.54) is 32.1 Å². The number of aliphatic carboxylic acids is 1. The van der Waals surface area contributed by atoms with E-state index in [4.69, 9.17) is 0 Å². The maximum atomic E-state index is 11.7. The van der Waals surface area contributed by atoms with Crippen molar-refractivity contribution in [2.45, 2.75) is 103 Å². The Kier molecular flexibility index (Phi) is 14.9. The van der Waals surface area contributed by atoms with Crippen molar-refractivity contribution < 1.29 is 14.7 Å². The van der Waals surface area contributed by atoms with Crippen LogP contribution in [0.25, 0.3) is 0 Å². The van der Waals surface area contributed by atoms with E-state index in [2.05, 4.69) is 6.92 Å². The summed E-state index contributed by atoms with van der Waals surface area (Å²) in [5.74, 6) is -0.530. The minimum absolute atomic E-state index is 0.177. The largest absolute Gasteiger partial charge is 0.550 e. The highest BCUT2D eigenvalue weighted by Crippen LogP contribution is 2.11. The number of ketones is 1. The number of carbonyl (C=O) groups is 2. The molecule has 0 rings (SSSR count). The number of rotatable bonds is 16. The molecule has 0 aromatic carbocycles. The number of hydrogen-bond acceptors (Lipinski definition) is 3. The number of carboxylic acids is 1. The van der Waals surface area contributed by atoms with Gasteiger partial charge in [-0.2, -0.15) is 0 Å². The number of carboxylic acid groups (broad SMARTS) is 1. The lowest BCUT2D eigenvalue weighted by atomic mass is 10.0. The molecule has 0 radical (unpaired) electrons. The second-order valence-corrected chi connectivity index (χ2v) is 6.05. The second-order valence-electron chi connectivity index (χ2n) is 6.05. The summed E-state index contributed by atoms with van der Waals surface area (Å²) in [6.07, 6.45) is 15.0. The lowest BCUT2D eigenvalue weighted by Crippen LogP contribution is -2.21. The first-order chi connectivity index (χ1) is 10.2. The standard InChI is InChI=1S/C18H34O3/c1-2-3-4-5-8-11-14-17(19)15-12-9-6-7-10-13-16-18(20)21/h2-16H2,1H3,(H,20,21)/p-1. The molecule has 0 aliphatic rings. The number of unbranched alkanes of at least 4 members (excludes halogenated alkanes) is 10. The molecule has 0 heterocycles. The average Bonchev–Trinajstić information content (AvgIpc) is 2.45. The molecule has 0 aliphatic carbocycles. The van der Waals surface area contributed by atoms with Gasteiger partial charge in [-0.1, -0.05) is 64.7 Å². The van der Waals surface area contributed by atoms with Crippen LogP contribution in [0.15, 0.2) is 0 Å². The molecule has 3 nitrogen and oxygen atoms in total. The van der Waals surface area contributed by atoms with E-state index >= 15 is 0 Å². The van der Waals surface area contributed by atoms with Gasteiger partial charge in [0.2, 0.25) is 0 Å². The van der Waals surface area contributed by atoms with E-state index in [9.17, 15) is 14.7 Å². The summed E-state index contributed by atoms with van der Waals surface area (Å²) < 4.78 is 0. The number of Topliss-reactive ketones (excluding diaryl/α,β-unsaturated/α-hetero) is 1. The number of carbonyl (C=O) groups excluding carboxylic acids is 2. The zero-order valence-corrected chi connectivity index (χ0v) is 13.8. The third-order valence-electron chi connectivity index (χ3n) is 3.90. The highest BCUT2D eigenvalue weighted by atomic mass is 16.4. The van der Waals surface area contributed by atoms with Gasteiger partial charge in [-0.15, -0.1) is 0 Å². The first kappa shape index (κ1) is 20.1. The molecule has 0 aromatic rings. The van der Waals surface area contributed by atoms with Crippen LogP contribution in [-0.2, 0) is 9.59 Å². The van der Waals surface area contributed by atoms with Gasteiger partial charge in [-0.05, 0) is 25.7 Å². The van der Waals surface area contributed by atoms with E-state index in [-0.39, 0.29) is 6.42 Å². The summed E-state index contributed by atoms with van der Waals surface area (Å²) in [7, 11) is 0. The molecule has 0 amide bonds. The van der Waals surface area contributed by atoms with Crippen LogP contribution in [0, 0.1) is 0 Å². The molecule has 21 heavy (non-hydrogen) atoms. The van der Waals surface area contributed by atoms with Crippen LogP contribution in [0.2, 0.25) is 0 Å². The van der Waals surface area contributed by atoms with Gasteiger partial charge in [0.15, 0.2) is 0 Å². The minimum Gasteiger partial charge on any atom is -0.550 e.